The number of benzene rings is 1. The number of esters is 1. The fourth-order valence-corrected chi connectivity index (χ4v) is 3.62. The van der Waals surface area contributed by atoms with E-state index in [9.17, 15) is 9.59 Å². The number of rotatable bonds is 6. The number of carbonyl (C=O) groups excluding carboxylic acids is 2. The molecule has 0 aliphatic carbocycles. The van der Waals surface area contributed by atoms with Crippen molar-refractivity contribution >= 4 is 33.4 Å². The molecule has 2 aromatic heterocycles. The summed E-state index contributed by atoms with van der Waals surface area (Å²) in [7, 11) is 1.33. The zero-order valence-corrected chi connectivity index (χ0v) is 15.7. The van der Waals surface area contributed by atoms with Gasteiger partial charge in [-0.2, -0.15) is 0 Å². The van der Waals surface area contributed by atoms with E-state index in [-0.39, 0.29) is 11.8 Å². The smallest absolute Gasteiger partial charge is 0.328 e. The third kappa shape index (κ3) is 3.62. The SMILES string of the molecule is CC[C@H](C)[C@@H](NC(=O)c1ccc2nc(-n3cccc3)sc2c1)C(=O)OC. The van der Waals surface area contributed by atoms with Crippen LogP contribution in [0.4, 0.5) is 0 Å². The number of methoxy groups -OCH3 is 1. The normalized spacial score (nSPS) is 13.3. The number of hydrogen-bond acceptors (Lipinski definition) is 5. The maximum Gasteiger partial charge on any atom is 0.328 e. The first kappa shape index (κ1) is 18.1. The molecule has 0 saturated carbocycles. The van der Waals surface area contributed by atoms with Gasteiger partial charge in [0.15, 0.2) is 5.13 Å². The van der Waals surface area contributed by atoms with Crippen LogP contribution in [0.15, 0.2) is 42.7 Å². The van der Waals surface area contributed by atoms with Crippen LogP contribution in [0.3, 0.4) is 0 Å². The molecule has 0 spiro atoms. The maximum atomic E-state index is 12.6. The second-order valence-corrected chi connectivity index (χ2v) is 7.14. The second-order valence-electron chi connectivity index (χ2n) is 6.13. The lowest BCUT2D eigenvalue weighted by atomic mass is 9.99. The molecule has 0 aliphatic heterocycles. The Kier molecular flexibility index (Phi) is 5.37. The highest BCUT2D eigenvalue weighted by Gasteiger charge is 2.27. The average Bonchev–Trinajstić information content (AvgIpc) is 3.32. The zero-order valence-electron chi connectivity index (χ0n) is 14.9. The molecule has 2 heterocycles. The van der Waals surface area contributed by atoms with Crippen LogP contribution in [0.2, 0.25) is 0 Å². The van der Waals surface area contributed by atoms with Crippen LogP contribution in [0.1, 0.15) is 30.6 Å². The molecule has 7 heteroatoms. The zero-order chi connectivity index (χ0) is 18.7. The quantitative estimate of drug-likeness (QED) is 0.674. The van der Waals surface area contributed by atoms with Gasteiger partial charge in [0, 0.05) is 18.0 Å². The van der Waals surface area contributed by atoms with E-state index in [2.05, 4.69) is 10.3 Å². The van der Waals surface area contributed by atoms with Crippen molar-refractivity contribution in [2.24, 2.45) is 5.92 Å². The van der Waals surface area contributed by atoms with Crippen molar-refractivity contribution in [3.63, 3.8) is 0 Å². The lowest BCUT2D eigenvalue weighted by Crippen LogP contribution is -2.45. The fraction of sp³-hybridized carbons (Fsp3) is 0.316. The Morgan fingerprint density at radius 2 is 2.04 bits per heavy atom. The van der Waals surface area contributed by atoms with Crippen molar-refractivity contribution in [2.75, 3.05) is 7.11 Å². The van der Waals surface area contributed by atoms with E-state index in [4.69, 9.17) is 4.74 Å². The highest BCUT2D eigenvalue weighted by atomic mass is 32.1. The predicted octanol–water partition coefficient (Wildman–Crippen LogP) is 3.40. The Hall–Kier alpha value is -2.67. The first-order valence-electron chi connectivity index (χ1n) is 8.46. The average molecular weight is 371 g/mol. The van der Waals surface area contributed by atoms with E-state index in [0.717, 1.165) is 21.8 Å². The minimum atomic E-state index is -0.662. The number of ether oxygens (including phenoxy) is 1. The van der Waals surface area contributed by atoms with E-state index in [0.29, 0.717) is 5.56 Å². The van der Waals surface area contributed by atoms with Gasteiger partial charge in [0.1, 0.15) is 6.04 Å². The molecule has 0 radical (unpaired) electrons. The van der Waals surface area contributed by atoms with E-state index >= 15 is 0 Å². The van der Waals surface area contributed by atoms with Crippen molar-refractivity contribution in [3.8, 4) is 5.13 Å². The van der Waals surface area contributed by atoms with Crippen LogP contribution < -0.4 is 5.32 Å². The molecular weight excluding hydrogens is 350 g/mol. The summed E-state index contributed by atoms with van der Waals surface area (Å²) in [6.45, 7) is 3.89. The molecule has 1 amide bonds. The molecule has 3 rings (SSSR count). The van der Waals surface area contributed by atoms with Gasteiger partial charge in [0.05, 0.1) is 17.3 Å². The molecular formula is C19H21N3O3S. The molecule has 6 nitrogen and oxygen atoms in total. The third-order valence-corrected chi connectivity index (χ3v) is 5.45. The lowest BCUT2D eigenvalue weighted by Gasteiger charge is -2.21. The van der Waals surface area contributed by atoms with Gasteiger partial charge in [-0.1, -0.05) is 31.6 Å². The Bertz CT molecular complexity index is 917. The highest BCUT2D eigenvalue weighted by molar-refractivity contribution is 7.20. The summed E-state index contributed by atoms with van der Waals surface area (Å²) < 4.78 is 7.67. The summed E-state index contributed by atoms with van der Waals surface area (Å²) >= 11 is 1.51. The largest absolute Gasteiger partial charge is 0.467 e. The van der Waals surface area contributed by atoms with Crippen LogP contribution in [-0.4, -0.2) is 34.6 Å². The molecule has 0 fully saturated rings. The molecule has 0 bridgehead atoms. The van der Waals surface area contributed by atoms with Gasteiger partial charge in [-0.3, -0.25) is 4.79 Å². The van der Waals surface area contributed by atoms with Crippen molar-refractivity contribution < 1.29 is 14.3 Å². The molecule has 26 heavy (non-hydrogen) atoms. The third-order valence-electron chi connectivity index (χ3n) is 4.42. The van der Waals surface area contributed by atoms with E-state index in [1.165, 1.54) is 18.4 Å². The van der Waals surface area contributed by atoms with Crippen molar-refractivity contribution in [1.29, 1.82) is 0 Å². The van der Waals surface area contributed by atoms with Crippen LogP contribution >= 0.6 is 11.3 Å². The number of hydrogen-bond donors (Lipinski definition) is 1. The fourth-order valence-electron chi connectivity index (χ4n) is 2.65. The van der Waals surface area contributed by atoms with Gasteiger partial charge in [-0.05, 0) is 36.2 Å². The summed E-state index contributed by atoms with van der Waals surface area (Å²) in [4.78, 5) is 29.2. The van der Waals surface area contributed by atoms with Crippen molar-refractivity contribution in [1.82, 2.24) is 14.9 Å². The summed E-state index contributed by atoms with van der Waals surface area (Å²) in [5.41, 5.74) is 1.33. The van der Waals surface area contributed by atoms with Gasteiger partial charge in [-0.25, -0.2) is 9.78 Å². The minimum absolute atomic E-state index is 0.0149. The minimum Gasteiger partial charge on any atom is -0.467 e. The number of fused-ring (bicyclic) bond motifs is 1. The summed E-state index contributed by atoms with van der Waals surface area (Å²) in [5.74, 6) is -0.737. The van der Waals surface area contributed by atoms with Crippen molar-refractivity contribution in [3.05, 3.63) is 48.3 Å². The number of thiazole rings is 1. The molecule has 2 atom stereocenters. The molecule has 3 aromatic rings. The van der Waals surface area contributed by atoms with E-state index < -0.39 is 12.0 Å². The Morgan fingerprint density at radius 1 is 1.31 bits per heavy atom. The van der Waals surface area contributed by atoms with Gasteiger partial charge in [0.25, 0.3) is 5.91 Å². The Labute approximate surface area is 155 Å². The van der Waals surface area contributed by atoms with Gasteiger partial charge in [0.2, 0.25) is 0 Å². The van der Waals surface area contributed by atoms with Crippen LogP contribution in [0.25, 0.3) is 15.3 Å². The van der Waals surface area contributed by atoms with E-state index in [1.807, 2.05) is 49.0 Å². The first-order valence-corrected chi connectivity index (χ1v) is 9.27. The van der Waals surface area contributed by atoms with Crippen LogP contribution in [-0.2, 0) is 9.53 Å². The van der Waals surface area contributed by atoms with E-state index in [1.54, 1.807) is 12.1 Å². The van der Waals surface area contributed by atoms with Crippen molar-refractivity contribution in [2.45, 2.75) is 26.3 Å². The Balaban J connectivity index is 1.84. The number of amides is 1. The molecule has 1 aromatic carbocycles. The molecule has 1 N–H and O–H groups in total. The monoisotopic (exact) mass is 371 g/mol. The van der Waals surface area contributed by atoms with Crippen LogP contribution in [0, 0.1) is 5.92 Å². The first-order chi connectivity index (χ1) is 12.5. The highest BCUT2D eigenvalue weighted by Crippen LogP contribution is 2.26. The molecule has 0 saturated heterocycles. The second kappa shape index (κ2) is 7.70. The number of carbonyl (C=O) groups is 2. The Morgan fingerprint density at radius 3 is 2.69 bits per heavy atom. The summed E-state index contributed by atoms with van der Waals surface area (Å²) in [6, 6.07) is 8.57. The topological polar surface area (TPSA) is 73.2 Å². The van der Waals surface area contributed by atoms with Gasteiger partial charge in [-0.15, -0.1) is 0 Å². The number of nitrogens with zero attached hydrogens (tertiary/aromatic N) is 2. The van der Waals surface area contributed by atoms with Crippen LogP contribution in [0.5, 0.6) is 0 Å². The van der Waals surface area contributed by atoms with Gasteiger partial charge >= 0.3 is 5.97 Å². The maximum absolute atomic E-state index is 12.6. The number of nitrogens with one attached hydrogen (secondary N) is 1. The lowest BCUT2D eigenvalue weighted by molar-refractivity contribution is -0.144. The standard InChI is InChI=1S/C19H21N3O3S/c1-4-12(2)16(18(24)25-3)21-17(23)13-7-8-14-15(11-13)26-19(20-14)22-9-5-6-10-22/h5-12,16H,4H2,1-3H3,(H,21,23)/t12-,16+/m0/s1. The summed E-state index contributed by atoms with van der Waals surface area (Å²) in [5, 5.41) is 3.64. The molecule has 0 aliphatic rings. The molecule has 136 valence electrons. The molecule has 0 unspecified atom stereocenters. The summed E-state index contributed by atoms with van der Waals surface area (Å²) in [6.07, 6.45) is 4.62. The number of aromatic nitrogens is 2. The predicted molar refractivity (Wildman–Crippen MR) is 102 cm³/mol. The van der Waals surface area contributed by atoms with Gasteiger partial charge < -0.3 is 14.6 Å².